The number of aromatic nitrogens is 2. The summed E-state index contributed by atoms with van der Waals surface area (Å²) in [6.07, 6.45) is -10.7. The van der Waals surface area contributed by atoms with Crippen LogP contribution in [0.4, 0.5) is 32.0 Å². The number of benzene rings is 4. The third-order valence-corrected chi connectivity index (χ3v) is 7.12. The molecule has 12 heteroatoms. The Morgan fingerprint density at radius 2 is 1.23 bits per heavy atom. The molecule has 0 N–H and O–H groups in total. The van der Waals surface area contributed by atoms with Gasteiger partial charge in [-0.1, -0.05) is 18.2 Å². The number of alkyl halides is 6. The van der Waals surface area contributed by atoms with Crippen molar-refractivity contribution in [1.82, 2.24) is 9.38 Å². The topological polar surface area (TPSA) is 71.7 Å². The van der Waals surface area contributed by atoms with Crippen molar-refractivity contribution in [3.63, 3.8) is 0 Å². The highest BCUT2D eigenvalue weighted by Gasteiger charge is 2.44. The first-order valence-electron chi connectivity index (χ1n) is 11.7. The van der Waals surface area contributed by atoms with Crippen LogP contribution in [0.3, 0.4) is 0 Å². The number of fused-ring (bicyclic) bond motifs is 4. The summed E-state index contributed by atoms with van der Waals surface area (Å²) in [5, 5.41) is 0.479. The van der Waals surface area contributed by atoms with Gasteiger partial charge in [0.25, 0.3) is 17.4 Å². The Labute approximate surface area is 218 Å². The van der Waals surface area contributed by atoms with Crippen LogP contribution in [0.1, 0.15) is 31.8 Å². The van der Waals surface area contributed by atoms with E-state index in [0.29, 0.717) is 5.69 Å². The first kappa shape index (κ1) is 24.1. The van der Waals surface area contributed by atoms with Crippen molar-refractivity contribution in [2.45, 2.75) is 12.4 Å². The van der Waals surface area contributed by atoms with Crippen LogP contribution in [0.2, 0.25) is 0 Å². The maximum absolute atomic E-state index is 13.6. The van der Waals surface area contributed by atoms with E-state index in [-0.39, 0.29) is 50.5 Å². The average molecular weight is 551 g/mol. The Morgan fingerprint density at radius 3 is 1.82 bits per heavy atom. The van der Waals surface area contributed by atoms with Gasteiger partial charge < -0.3 is 0 Å². The number of imidazole rings is 1. The number of hydrogen-bond acceptors (Lipinski definition) is 4. The number of halogens is 6. The molecule has 6 aromatic rings. The second kappa shape index (κ2) is 7.56. The predicted octanol–water partition coefficient (Wildman–Crippen LogP) is 6.43. The molecule has 2 amide bonds. The number of anilines is 1. The van der Waals surface area contributed by atoms with Gasteiger partial charge >= 0.3 is 12.4 Å². The van der Waals surface area contributed by atoms with Crippen molar-refractivity contribution < 1.29 is 35.9 Å². The van der Waals surface area contributed by atoms with Crippen molar-refractivity contribution in [2.75, 3.05) is 4.90 Å². The Bertz CT molecular complexity index is 2130. The zero-order valence-electron chi connectivity index (χ0n) is 19.7. The minimum Gasteiger partial charge on any atom is -0.268 e. The zero-order valence-corrected chi connectivity index (χ0v) is 19.7. The fourth-order valence-corrected chi connectivity index (χ4v) is 5.46. The number of imide groups is 1. The van der Waals surface area contributed by atoms with Crippen molar-refractivity contribution >= 4 is 55.7 Å². The maximum atomic E-state index is 13.6. The molecule has 2 aromatic heterocycles. The van der Waals surface area contributed by atoms with E-state index in [2.05, 4.69) is 4.98 Å². The molecule has 0 atom stereocenters. The van der Waals surface area contributed by atoms with Gasteiger partial charge in [0.15, 0.2) is 0 Å². The summed E-state index contributed by atoms with van der Waals surface area (Å²) >= 11 is 0. The van der Waals surface area contributed by atoms with Gasteiger partial charge in [0.1, 0.15) is 5.65 Å². The number of carbonyl (C=O) groups excluding carboxylic acids is 2. The van der Waals surface area contributed by atoms with Gasteiger partial charge in [-0.15, -0.1) is 0 Å². The van der Waals surface area contributed by atoms with Crippen LogP contribution < -0.4 is 10.5 Å². The zero-order chi connectivity index (χ0) is 28.3. The fraction of sp³-hybridized carbons (Fsp3) is 0.0714. The molecule has 0 radical (unpaired) electrons. The molecule has 0 saturated heterocycles. The van der Waals surface area contributed by atoms with Crippen molar-refractivity contribution in [3.05, 3.63) is 99.3 Å². The number of carbonyl (C=O) groups is 2. The molecule has 0 unspecified atom stereocenters. The number of amides is 2. The molecule has 0 spiro atoms. The lowest BCUT2D eigenvalue weighted by atomic mass is 9.90. The normalized spacial score (nSPS) is 14.4. The molecular weight excluding hydrogens is 540 g/mol. The first-order chi connectivity index (χ1) is 18.9. The van der Waals surface area contributed by atoms with E-state index in [4.69, 9.17) is 0 Å². The molecule has 0 saturated carbocycles. The molecule has 0 fully saturated rings. The lowest BCUT2D eigenvalue weighted by Gasteiger charge is -2.27. The molecule has 6 nitrogen and oxygen atoms in total. The molecule has 1 aliphatic rings. The molecule has 198 valence electrons. The molecular formula is C28H11F6N3O3. The van der Waals surface area contributed by atoms with Gasteiger partial charge in [0.05, 0.1) is 27.8 Å². The van der Waals surface area contributed by atoms with Crippen LogP contribution in [0, 0.1) is 0 Å². The van der Waals surface area contributed by atoms with Crippen molar-refractivity contribution in [3.8, 4) is 0 Å². The summed E-state index contributed by atoms with van der Waals surface area (Å²) in [4.78, 5) is 45.7. The van der Waals surface area contributed by atoms with Crippen LogP contribution in [-0.4, -0.2) is 21.2 Å². The lowest BCUT2D eigenvalue weighted by Crippen LogP contribution is -2.40. The van der Waals surface area contributed by atoms with E-state index in [1.165, 1.54) is 24.3 Å². The highest BCUT2D eigenvalue weighted by molar-refractivity contribution is 6.38. The molecule has 1 aliphatic heterocycles. The number of nitrogens with zero attached hydrogens (tertiary/aromatic N) is 3. The molecule has 0 aliphatic carbocycles. The molecule has 3 heterocycles. The van der Waals surface area contributed by atoms with Crippen LogP contribution in [0.15, 0.2) is 71.5 Å². The standard InChI is InChI=1S/C28H11F6N3O3/c29-27(30,31)17-10-19-20(11-18(17)28(32,33)34)37-23(35-19)13-6-7-15-22-16(9-8-14(21(13)22)26(37)40)25(39)36(24(15)38)12-4-2-1-3-5-12/h1-11H. The summed E-state index contributed by atoms with van der Waals surface area (Å²) in [5.41, 5.74) is -5.31. The second-order valence-corrected chi connectivity index (χ2v) is 9.31. The van der Waals surface area contributed by atoms with E-state index >= 15 is 0 Å². The Kier molecular flexibility index (Phi) is 4.55. The van der Waals surface area contributed by atoms with Crippen molar-refractivity contribution in [2.24, 2.45) is 0 Å². The summed E-state index contributed by atoms with van der Waals surface area (Å²) in [6, 6.07) is 14.2. The molecule has 4 aromatic carbocycles. The van der Waals surface area contributed by atoms with Crippen LogP contribution >= 0.6 is 0 Å². The summed E-state index contributed by atoms with van der Waals surface area (Å²) in [5.74, 6) is -1.30. The summed E-state index contributed by atoms with van der Waals surface area (Å²) in [7, 11) is 0. The van der Waals surface area contributed by atoms with E-state index in [1.807, 2.05) is 0 Å². The van der Waals surface area contributed by atoms with Gasteiger partial charge in [-0.25, -0.2) is 9.88 Å². The summed E-state index contributed by atoms with van der Waals surface area (Å²) in [6.45, 7) is 0. The van der Waals surface area contributed by atoms with Gasteiger partial charge in [-0.2, -0.15) is 26.3 Å². The Balaban J connectivity index is 1.59. The largest absolute Gasteiger partial charge is 0.417 e. The van der Waals surface area contributed by atoms with E-state index in [9.17, 15) is 40.7 Å². The third kappa shape index (κ3) is 3.07. The van der Waals surface area contributed by atoms with E-state index in [1.54, 1.807) is 30.3 Å². The van der Waals surface area contributed by atoms with Gasteiger partial charge in [0, 0.05) is 32.7 Å². The smallest absolute Gasteiger partial charge is 0.268 e. The SMILES string of the molecule is O=C1c2ccc3c(=O)n4c5cc(C(F)(F)F)c(C(F)(F)F)cc5nc4c4ccc(c2c34)C(=O)N1c1ccccc1. The number of pyridine rings is 1. The Hall–Kier alpha value is -5.00. The van der Waals surface area contributed by atoms with Crippen LogP contribution in [-0.2, 0) is 12.4 Å². The number of rotatable bonds is 1. The highest BCUT2D eigenvalue weighted by Crippen LogP contribution is 2.43. The van der Waals surface area contributed by atoms with Crippen LogP contribution in [0.25, 0.3) is 38.2 Å². The molecule has 0 bridgehead atoms. The minimum absolute atomic E-state index is 0.0374. The maximum Gasteiger partial charge on any atom is 0.417 e. The number of para-hydroxylation sites is 1. The fourth-order valence-electron chi connectivity index (χ4n) is 5.46. The summed E-state index contributed by atoms with van der Waals surface area (Å²) < 4.78 is 82.4. The minimum atomic E-state index is -5.36. The second-order valence-electron chi connectivity index (χ2n) is 9.31. The molecule has 7 rings (SSSR count). The Morgan fingerprint density at radius 1 is 0.650 bits per heavy atom. The van der Waals surface area contributed by atoms with Crippen molar-refractivity contribution in [1.29, 1.82) is 0 Å². The highest BCUT2D eigenvalue weighted by atomic mass is 19.4. The van der Waals surface area contributed by atoms with E-state index in [0.717, 1.165) is 9.30 Å². The van der Waals surface area contributed by atoms with Gasteiger partial charge in [-0.3, -0.25) is 18.8 Å². The lowest BCUT2D eigenvalue weighted by molar-refractivity contribution is -0.161. The van der Waals surface area contributed by atoms with Crippen LogP contribution in [0.5, 0.6) is 0 Å². The monoisotopic (exact) mass is 551 g/mol. The van der Waals surface area contributed by atoms with Gasteiger partial charge in [-0.05, 0) is 48.5 Å². The first-order valence-corrected chi connectivity index (χ1v) is 11.7. The quantitative estimate of drug-likeness (QED) is 0.175. The number of hydrogen-bond donors (Lipinski definition) is 0. The van der Waals surface area contributed by atoms with E-state index < -0.39 is 51.9 Å². The van der Waals surface area contributed by atoms with Gasteiger partial charge in [0.2, 0.25) is 0 Å². The third-order valence-electron chi connectivity index (χ3n) is 7.12. The average Bonchev–Trinajstić information content (AvgIpc) is 3.29. The molecule has 40 heavy (non-hydrogen) atoms. The predicted molar refractivity (Wildman–Crippen MR) is 133 cm³/mol.